The molecule has 1 amide bonds. The molecule has 0 spiro atoms. The number of carbonyl (C=O) groups excluding carboxylic acids is 1. The molecule has 0 heterocycles. The number of nitrogens with one attached hydrogen (secondary N) is 1. The summed E-state index contributed by atoms with van der Waals surface area (Å²) < 4.78 is 44.0. The van der Waals surface area contributed by atoms with Gasteiger partial charge in [0.25, 0.3) is 10.0 Å². The van der Waals surface area contributed by atoms with Crippen molar-refractivity contribution in [3.05, 3.63) is 76.8 Å². The predicted octanol–water partition coefficient (Wildman–Crippen LogP) is 4.19. The lowest BCUT2D eigenvalue weighted by atomic mass is 10.1. The van der Waals surface area contributed by atoms with Gasteiger partial charge in [0.2, 0.25) is 11.7 Å². The highest BCUT2D eigenvalue weighted by Crippen LogP contribution is 2.38. The molecule has 0 unspecified atom stereocenters. The van der Waals surface area contributed by atoms with Crippen molar-refractivity contribution in [3.8, 4) is 17.2 Å². The van der Waals surface area contributed by atoms with Gasteiger partial charge >= 0.3 is 0 Å². The van der Waals surface area contributed by atoms with E-state index in [2.05, 4.69) is 5.32 Å². The molecule has 0 bridgehead atoms. The third-order valence-corrected chi connectivity index (χ3v) is 7.23. The number of anilines is 1. The molecule has 8 nitrogen and oxygen atoms in total. The van der Waals surface area contributed by atoms with E-state index in [-0.39, 0.29) is 17.1 Å². The molecule has 1 N–H and O–H groups in total. The summed E-state index contributed by atoms with van der Waals surface area (Å²) in [4.78, 5) is 13.0. The number of ether oxygens (including phenoxy) is 3. The van der Waals surface area contributed by atoms with Crippen LogP contribution in [0.2, 0.25) is 5.02 Å². The van der Waals surface area contributed by atoms with Crippen molar-refractivity contribution < 1.29 is 27.4 Å². The maximum Gasteiger partial charge on any atom is 0.264 e. The maximum atomic E-state index is 13.5. The number of amides is 1. The first-order valence-electron chi connectivity index (χ1n) is 10.6. The van der Waals surface area contributed by atoms with E-state index in [1.807, 2.05) is 6.92 Å². The Balaban J connectivity index is 1.86. The number of benzene rings is 3. The minimum atomic E-state index is -4.04. The Morgan fingerprint density at radius 1 is 0.943 bits per heavy atom. The lowest BCUT2D eigenvalue weighted by Crippen LogP contribution is -2.40. The summed E-state index contributed by atoms with van der Waals surface area (Å²) in [7, 11) is 0.459. The number of nitrogens with zero attached hydrogens (tertiary/aromatic N) is 1. The Hall–Kier alpha value is -3.43. The van der Waals surface area contributed by atoms with Gasteiger partial charge in [-0.1, -0.05) is 35.4 Å². The number of sulfonamides is 1. The number of halogens is 1. The van der Waals surface area contributed by atoms with Gasteiger partial charge in [0, 0.05) is 11.6 Å². The van der Waals surface area contributed by atoms with Crippen molar-refractivity contribution in [1.82, 2.24) is 5.32 Å². The van der Waals surface area contributed by atoms with Gasteiger partial charge in [0.1, 0.15) is 6.54 Å². The monoisotopic (exact) mass is 518 g/mol. The molecule has 186 valence electrons. The van der Waals surface area contributed by atoms with Crippen LogP contribution in [0.15, 0.2) is 65.6 Å². The highest BCUT2D eigenvalue weighted by atomic mass is 35.5. The molecule has 0 aliphatic heterocycles. The molecule has 0 saturated carbocycles. The molecular weight excluding hydrogens is 492 g/mol. The van der Waals surface area contributed by atoms with E-state index >= 15 is 0 Å². The Bertz CT molecular complexity index is 1270. The molecule has 0 atom stereocenters. The number of rotatable bonds is 10. The molecular formula is C25H27ClN2O6S. The summed E-state index contributed by atoms with van der Waals surface area (Å²) >= 11 is 6.11. The van der Waals surface area contributed by atoms with Crippen LogP contribution in [0, 0.1) is 6.92 Å². The lowest BCUT2D eigenvalue weighted by molar-refractivity contribution is -0.119. The second kappa shape index (κ2) is 11.3. The minimum Gasteiger partial charge on any atom is -0.493 e. The van der Waals surface area contributed by atoms with Crippen molar-refractivity contribution in [3.63, 3.8) is 0 Å². The molecule has 3 aromatic carbocycles. The molecule has 35 heavy (non-hydrogen) atoms. The SMILES string of the molecule is COc1cc(CNC(=O)CN(c2cccc(Cl)c2)S(=O)(=O)c2ccc(C)cc2)cc(OC)c1OC. The average molecular weight is 519 g/mol. The van der Waals surface area contributed by atoms with Crippen molar-refractivity contribution in [1.29, 1.82) is 0 Å². The summed E-state index contributed by atoms with van der Waals surface area (Å²) in [5.41, 5.74) is 1.88. The first-order valence-corrected chi connectivity index (χ1v) is 12.4. The number of hydrogen-bond acceptors (Lipinski definition) is 6. The van der Waals surface area contributed by atoms with Crippen LogP contribution < -0.4 is 23.8 Å². The van der Waals surface area contributed by atoms with Crippen LogP contribution in [0.4, 0.5) is 5.69 Å². The Labute approximate surface area is 210 Å². The molecule has 0 radical (unpaired) electrons. The zero-order valence-electron chi connectivity index (χ0n) is 19.9. The summed E-state index contributed by atoms with van der Waals surface area (Å²) in [6.07, 6.45) is 0. The van der Waals surface area contributed by atoms with Crippen LogP contribution in [0.3, 0.4) is 0 Å². The standard InChI is InChI=1S/C25H27ClN2O6S/c1-17-8-10-21(11-9-17)35(30,31)28(20-7-5-6-19(26)14-20)16-24(29)27-15-18-12-22(32-2)25(34-4)23(13-18)33-3/h5-14H,15-16H2,1-4H3,(H,27,29). The molecule has 0 fully saturated rings. The van der Waals surface area contributed by atoms with E-state index in [1.54, 1.807) is 42.5 Å². The Kier molecular flexibility index (Phi) is 8.48. The van der Waals surface area contributed by atoms with Crippen LogP contribution >= 0.6 is 11.6 Å². The van der Waals surface area contributed by atoms with Crippen LogP contribution in [0.1, 0.15) is 11.1 Å². The van der Waals surface area contributed by atoms with Crippen molar-refractivity contribution in [2.24, 2.45) is 0 Å². The number of carbonyl (C=O) groups is 1. The minimum absolute atomic E-state index is 0.0699. The van der Waals surface area contributed by atoms with Gasteiger partial charge in [-0.25, -0.2) is 8.42 Å². The van der Waals surface area contributed by atoms with Gasteiger partial charge in [0.05, 0.1) is 31.9 Å². The highest BCUT2D eigenvalue weighted by molar-refractivity contribution is 7.92. The third-order valence-electron chi connectivity index (χ3n) is 5.21. The first-order chi connectivity index (χ1) is 16.7. The fourth-order valence-electron chi connectivity index (χ4n) is 3.41. The Morgan fingerprint density at radius 2 is 1.57 bits per heavy atom. The number of aryl methyl sites for hydroxylation is 1. The molecule has 0 aromatic heterocycles. The normalized spacial score (nSPS) is 11.0. The topological polar surface area (TPSA) is 94.2 Å². The van der Waals surface area contributed by atoms with E-state index in [0.717, 1.165) is 9.87 Å². The van der Waals surface area contributed by atoms with Gasteiger partial charge in [-0.2, -0.15) is 0 Å². The maximum absolute atomic E-state index is 13.5. The fraction of sp³-hybridized carbons (Fsp3) is 0.240. The predicted molar refractivity (Wildman–Crippen MR) is 135 cm³/mol. The van der Waals surface area contributed by atoms with E-state index < -0.39 is 22.5 Å². The van der Waals surface area contributed by atoms with Gasteiger partial charge in [0.15, 0.2) is 11.5 Å². The van der Waals surface area contributed by atoms with Crippen LogP contribution in [0.5, 0.6) is 17.2 Å². The van der Waals surface area contributed by atoms with Crippen molar-refractivity contribution >= 4 is 33.2 Å². The molecule has 0 aliphatic rings. The summed E-state index contributed by atoms with van der Waals surface area (Å²) in [6, 6.07) is 16.2. The second-order valence-electron chi connectivity index (χ2n) is 7.61. The summed E-state index contributed by atoms with van der Waals surface area (Å²) in [5, 5.41) is 3.11. The molecule has 3 rings (SSSR count). The van der Waals surface area contributed by atoms with Crippen molar-refractivity contribution in [2.45, 2.75) is 18.4 Å². The van der Waals surface area contributed by atoms with Crippen LogP contribution in [-0.2, 0) is 21.4 Å². The Morgan fingerprint density at radius 3 is 2.11 bits per heavy atom. The smallest absolute Gasteiger partial charge is 0.264 e. The zero-order chi connectivity index (χ0) is 25.6. The van der Waals surface area contributed by atoms with Gasteiger partial charge in [-0.15, -0.1) is 0 Å². The highest BCUT2D eigenvalue weighted by Gasteiger charge is 2.27. The van der Waals surface area contributed by atoms with Gasteiger partial charge in [-0.05, 0) is 55.0 Å². The van der Waals surface area contributed by atoms with E-state index in [1.165, 1.54) is 39.5 Å². The van der Waals surface area contributed by atoms with Crippen molar-refractivity contribution in [2.75, 3.05) is 32.2 Å². The number of methoxy groups -OCH3 is 3. The largest absolute Gasteiger partial charge is 0.493 e. The summed E-state index contributed by atoms with van der Waals surface area (Å²) in [5.74, 6) is 0.813. The quantitative estimate of drug-likeness (QED) is 0.432. The molecule has 0 aliphatic carbocycles. The zero-order valence-corrected chi connectivity index (χ0v) is 21.4. The molecule has 10 heteroatoms. The van der Waals surface area contributed by atoms with Crippen LogP contribution in [-0.4, -0.2) is 42.2 Å². The number of hydrogen-bond donors (Lipinski definition) is 1. The molecule has 3 aromatic rings. The van der Waals surface area contributed by atoms with Gasteiger partial charge < -0.3 is 19.5 Å². The summed E-state index contributed by atoms with van der Waals surface area (Å²) in [6.45, 7) is 1.53. The molecule has 0 saturated heterocycles. The van der Waals surface area contributed by atoms with E-state index in [4.69, 9.17) is 25.8 Å². The van der Waals surface area contributed by atoms with Gasteiger partial charge in [-0.3, -0.25) is 9.10 Å². The average Bonchev–Trinajstić information content (AvgIpc) is 2.85. The third kappa shape index (κ3) is 6.17. The van der Waals surface area contributed by atoms with Crippen LogP contribution in [0.25, 0.3) is 0 Å². The first kappa shape index (κ1) is 26.2. The van der Waals surface area contributed by atoms with E-state index in [9.17, 15) is 13.2 Å². The second-order valence-corrected chi connectivity index (χ2v) is 9.91. The van der Waals surface area contributed by atoms with E-state index in [0.29, 0.717) is 27.8 Å². The fourth-order valence-corrected chi connectivity index (χ4v) is 5.01. The lowest BCUT2D eigenvalue weighted by Gasteiger charge is -2.24.